The summed E-state index contributed by atoms with van der Waals surface area (Å²) in [6, 6.07) is 11.0. The van der Waals surface area contributed by atoms with Gasteiger partial charge in [-0.05, 0) is 61.4 Å². The van der Waals surface area contributed by atoms with Gasteiger partial charge in [0.2, 0.25) is 0 Å². The standard InChI is InChI=1S/C15H13BrClNO/c1-9-5-11(16)8-13(6-9)18-15(19)14-4-3-12(17)7-10(14)2/h3-8H,1-2H3,(H,18,19). The number of hydrogen-bond donors (Lipinski definition) is 1. The molecule has 1 N–H and O–H groups in total. The van der Waals surface area contributed by atoms with E-state index in [4.69, 9.17) is 11.6 Å². The molecule has 0 spiro atoms. The van der Waals surface area contributed by atoms with E-state index < -0.39 is 0 Å². The molecular formula is C15H13BrClNO. The highest BCUT2D eigenvalue weighted by Crippen LogP contribution is 2.21. The second-order valence-electron chi connectivity index (χ2n) is 4.43. The van der Waals surface area contributed by atoms with E-state index in [0.29, 0.717) is 10.6 Å². The van der Waals surface area contributed by atoms with Gasteiger partial charge in [0.25, 0.3) is 5.91 Å². The molecule has 2 aromatic rings. The number of aryl methyl sites for hydroxylation is 2. The summed E-state index contributed by atoms with van der Waals surface area (Å²) in [5.41, 5.74) is 3.34. The maximum absolute atomic E-state index is 12.2. The summed E-state index contributed by atoms with van der Waals surface area (Å²) in [6.45, 7) is 3.85. The Labute approximate surface area is 125 Å². The molecule has 0 heterocycles. The molecule has 0 aliphatic carbocycles. The Bertz CT molecular complexity index is 620. The summed E-state index contributed by atoms with van der Waals surface area (Å²) < 4.78 is 0.940. The molecule has 0 radical (unpaired) electrons. The first-order valence-corrected chi connectivity index (χ1v) is 6.97. The maximum Gasteiger partial charge on any atom is 0.255 e. The van der Waals surface area contributed by atoms with E-state index in [-0.39, 0.29) is 5.91 Å². The summed E-state index contributed by atoms with van der Waals surface area (Å²) in [6.07, 6.45) is 0. The summed E-state index contributed by atoms with van der Waals surface area (Å²) >= 11 is 9.30. The third-order valence-electron chi connectivity index (χ3n) is 2.73. The SMILES string of the molecule is Cc1cc(Br)cc(NC(=O)c2ccc(Cl)cc2C)c1. The summed E-state index contributed by atoms with van der Waals surface area (Å²) in [5, 5.41) is 3.52. The van der Waals surface area contributed by atoms with Crippen molar-refractivity contribution in [3.05, 3.63) is 62.6 Å². The topological polar surface area (TPSA) is 29.1 Å². The van der Waals surface area contributed by atoms with Gasteiger partial charge in [-0.1, -0.05) is 27.5 Å². The van der Waals surface area contributed by atoms with E-state index in [1.165, 1.54) is 0 Å². The van der Waals surface area contributed by atoms with Crippen LogP contribution in [0.25, 0.3) is 0 Å². The van der Waals surface area contributed by atoms with Crippen molar-refractivity contribution in [3.8, 4) is 0 Å². The minimum Gasteiger partial charge on any atom is -0.322 e. The first kappa shape index (κ1) is 14.1. The zero-order valence-corrected chi connectivity index (χ0v) is 13.0. The largest absolute Gasteiger partial charge is 0.322 e. The highest BCUT2D eigenvalue weighted by Gasteiger charge is 2.10. The van der Waals surface area contributed by atoms with Gasteiger partial charge in [0.1, 0.15) is 0 Å². The number of carbonyl (C=O) groups is 1. The average molecular weight is 339 g/mol. The van der Waals surface area contributed by atoms with Crippen molar-refractivity contribution in [1.29, 1.82) is 0 Å². The van der Waals surface area contributed by atoms with Crippen molar-refractivity contribution in [1.82, 2.24) is 0 Å². The molecule has 0 aromatic heterocycles. The van der Waals surface area contributed by atoms with Crippen molar-refractivity contribution < 1.29 is 4.79 Å². The second kappa shape index (κ2) is 5.76. The van der Waals surface area contributed by atoms with Crippen LogP contribution >= 0.6 is 27.5 Å². The van der Waals surface area contributed by atoms with Crippen LogP contribution in [0.2, 0.25) is 5.02 Å². The van der Waals surface area contributed by atoms with Crippen LogP contribution < -0.4 is 5.32 Å². The minimum atomic E-state index is -0.133. The quantitative estimate of drug-likeness (QED) is 0.823. The molecule has 4 heteroatoms. The molecule has 2 aromatic carbocycles. The molecular weight excluding hydrogens is 326 g/mol. The Kier molecular flexibility index (Phi) is 4.27. The third kappa shape index (κ3) is 3.58. The van der Waals surface area contributed by atoms with Crippen LogP contribution in [0.3, 0.4) is 0 Å². The molecule has 0 saturated heterocycles. The molecule has 19 heavy (non-hydrogen) atoms. The number of rotatable bonds is 2. The first-order chi connectivity index (χ1) is 8.95. The molecule has 0 fully saturated rings. The summed E-state index contributed by atoms with van der Waals surface area (Å²) in [7, 11) is 0. The van der Waals surface area contributed by atoms with Gasteiger partial charge in [-0.15, -0.1) is 0 Å². The Hall–Kier alpha value is -1.32. The number of benzene rings is 2. The van der Waals surface area contributed by atoms with Crippen LogP contribution in [0.5, 0.6) is 0 Å². The predicted molar refractivity (Wildman–Crippen MR) is 83.0 cm³/mol. The maximum atomic E-state index is 12.2. The molecule has 2 nitrogen and oxygen atoms in total. The first-order valence-electron chi connectivity index (χ1n) is 5.80. The third-order valence-corrected chi connectivity index (χ3v) is 3.43. The predicted octanol–water partition coefficient (Wildman–Crippen LogP) is 4.97. The fourth-order valence-electron chi connectivity index (χ4n) is 1.89. The van der Waals surface area contributed by atoms with Crippen molar-refractivity contribution in [2.75, 3.05) is 5.32 Å². The van der Waals surface area contributed by atoms with Gasteiger partial charge in [0, 0.05) is 20.7 Å². The molecule has 0 unspecified atom stereocenters. The second-order valence-corrected chi connectivity index (χ2v) is 5.78. The molecule has 2 rings (SSSR count). The molecule has 0 bridgehead atoms. The van der Waals surface area contributed by atoms with Gasteiger partial charge in [-0.3, -0.25) is 4.79 Å². The molecule has 1 amide bonds. The summed E-state index contributed by atoms with van der Waals surface area (Å²) in [4.78, 5) is 12.2. The number of carbonyl (C=O) groups excluding carboxylic acids is 1. The van der Waals surface area contributed by atoms with Crippen LogP contribution in [0, 0.1) is 13.8 Å². The lowest BCUT2D eigenvalue weighted by atomic mass is 10.1. The number of nitrogens with one attached hydrogen (secondary N) is 1. The van der Waals surface area contributed by atoms with Crippen molar-refractivity contribution in [2.45, 2.75) is 13.8 Å². The van der Waals surface area contributed by atoms with Gasteiger partial charge >= 0.3 is 0 Å². The van der Waals surface area contributed by atoms with E-state index in [1.807, 2.05) is 32.0 Å². The van der Waals surface area contributed by atoms with Gasteiger partial charge in [0.15, 0.2) is 0 Å². The van der Waals surface area contributed by atoms with E-state index >= 15 is 0 Å². The van der Waals surface area contributed by atoms with E-state index in [9.17, 15) is 4.79 Å². The average Bonchev–Trinajstić information content (AvgIpc) is 2.26. The monoisotopic (exact) mass is 337 g/mol. The van der Waals surface area contributed by atoms with Crippen LogP contribution in [-0.4, -0.2) is 5.91 Å². The molecule has 0 aliphatic rings. The smallest absolute Gasteiger partial charge is 0.255 e. The van der Waals surface area contributed by atoms with Gasteiger partial charge in [-0.2, -0.15) is 0 Å². The lowest BCUT2D eigenvalue weighted by Gasteiger charge is -2.09. The highest BCUT2D eigenvalue weighted by molar-refractivity contribution is 9.10. The highest BCUT2D eigenvalue weighted by atomic mass is 79.9. The molecule has 98 valence electrons. The van der Waals surface area contributed by atoms with Gasteiger partial charge in [0.05, 0.1) is 0 Å². The van der Waals surface area contributed by atoms with Crippen molar-refractivity contribution in [2.24, 2.45) is 0 Å². The lowest BCUT2D eigenvalue weighted by molar-refractivity contribution is 0.102. The molecule has 0 saturated carbocycles. The van der Waals surface area contributed by atoms with Crippen molar-refractivity contribution in [3.63, 3.8) is 0 Å². The lowest BCUT2D eigenvalue weighted by Crippen LogP contribution is -2.13. The fraction of sp³-hybridized carbons (Fsp3) is 0.133. The van der Waals surface area contributed by atoms with Crippen molar-refractivity contribution >= 4 is 39.1 Å². The zero-order valence-electron chi connectivity index (χ0n) is 10.6. The van der Waals surface area contributed by atoms with Crippen LogP contribution in [0.4, 0.5) is 5.69 Å². The normalized spacial score (nSPS) is 10.3. The van der Waals surface area contributed by atoms with Crippen LogP contribution in [-0.2, 0) is 0 Å². The Morgan fingerprint density at radius 2 is 1.89 bits per heavy atom. The van der Waals surface area contributed by atoms with Gasteiger partial charge in [-0.25, -0.2) is 0 Å². The fourth-order valence-corrected chi connectivity index (χ4v) is 2.72. The zero-order chi connectivity index (χ0) is 14.0. The number of anilines is 1. The number of amides is 1. The Morgan fingerprint density at radius 1 is 1.16 bits per heavy atom. The van der Waals surface area contributed by atoms with E-state index in [2.05, 4.69) is 21.2 Å². The van der Waals surface area contributed by atoms with Gasteiger partial charge < -0.3 is 5.32 Å². The summed E-state index contributed by atoms with van der Waals surface area (Å²) in [5.74, 6) is -0.133. The number of halogens is 2. The van der Waals surface area contributed by atoms with Crippen LogP contribution in [0.15, 0.2) is 40.9 Å². The Balaban J connectivity index is 2.25. The molecule has 0 aliphatic heterocycles. The van der Waals surface area contributed by atoms with Crippen LogP contribution in [0.1, 0.15) is 21.5 Å². The van der Waals surface area contributed by atoms with E-state index in [0.717, 1.165) is 21.3 Å². The number of hydrogen-bond acceptors (Lipinski definition) is 1. The molecule has 0 atom stereocenters. The minimum absolute atomic E-state index is 0.133. The Morgan fingerprint density at radius 3 is 2.53 bits per heavy atom. The van der Waals surface area contributed by atoms with E-state index in [1.54, 1.807) is 18.2 Å².